The van der Waals surface area contributed by atoms with Crippen LogP contribution in [0, 0.1) is 0 Å². The first-order valence-corrected chi connectivity index (χ1v) is 6.12. The monoisotopic (exact) mass is 307 g/mol. The van der Waals surface area contributed by atoms with E-state index in [4.69, 9.17) is 0 Å². The quantitative estimate of drug-likeness (QED) is 0.843. The molecule has 0 aliphatic carbocycles. The second-order valence-electron chi connectivity index (χ2n) is 4.02. The van der Waals surface area contributed by atoms with Crippen molar-refractivity contribution in [2.75, 3.05) is 0 Å². The van der Waals surface area contributed by atoms with Gasteiger partial charge in [0.1, 0.15) is 5.75 Å². The van der Waals surface area contributed by atoms with Gasteiger partial charge in [0.2, 0.25) is 0 Å². The maximum atomic E-state index is 12.3. The lowest BCUT2D eigenvalue weighted by atomic mass is 10.2. The van der Waals surface area contributed by atoms with Gasteiger partial charge in [0.25, 0.3) is 11.8 Å². The second-order valence-corrected chi connectivity index (χ2v) is 4.02. The Kier molecular flexibility index (Phi) is 4.97. The molecule has 2 N–H and O–H groups in total. The lowest BCUT2D eigenvalue weighted by Gasteiger charge is -2.11. The second kappa shape index (κ2) is 7.11. The van der Waals surface area contributed by atoms with E-state index < -0.39 is 18.4 Å². The van der Waals surface area contributed by atoms with E-state index in [2.05, 4.69) is 20.6 Å². The molecule has 1 aromatic heterocycles. The van der Waals surface area contributed by atoms with E-state index in [1.807, 2.05) is 0 Å². The number of para-hydroxylation sites is 1. The molecule has 1 heterocycles. The van der Waals surface area contributed by atoms with Crippen LogP contribution >= 0.6 is 0 Å². The molecule has 0 spiro atoms. The zero-order chi connectivity index (χ0) is 15.9. The van der Waals surface area contributed by atoms with E-state index in [0.717, 1.165) is 0 Å². The minimum absolute atomic E-state index is 0.127. The summed E-state index contributed by atoms with van der Waals surface area (Å²) in [5.74, 6) is -1.63. The molecule has 6 nitrogen and oxygen atoms in total. The topological polar surface area (TPSA) is 80.3 Å². The van der Waals surface area contributed by atoms with Crippen LogP contribution in [-0.4, -0.2) is 23.4 Å². The van der Waals surface area contributed by atoms with Crippen LogP contribution in [0.4, 0.5) is 8.78 Å². The summed E-state index contributed by atoms with van der Waals surface area (Å²) in [5, 5.41) is 0. The predicted molar refractivity (Wildman–Crippen MR) is 72.2 cm³/mol. The maximum absolute atomic E-state index is 12.3. The Morgan fingerprint density at radius 2 is 1.64 bits per heavy atom. The first kappa shape index (κ1) is 15.4. The van der Waals surface area contributed by atoms with Gasteiger partial charge in [0.15, 0.2) is 0 Å². The standard InChI is InChI=1S/C14H11F2N3O3/c15-14(16)22-11-4-2-1-3-10(11)13(21)19-18-12(20)9-5-7-17-8-6-9/h1-8,14H,(H,18,20)(H,19,21). The highest BCUT2D eigenvalue weighted by Gasteiger charge is 2.16. The number of nitrogens with one attached hydrogen (secondary N) is 2. The SMILES string of the molecule is O=C(NNC(=O)c1ccccc1OC(F)F)c1ccncc1. The number of benzene rings is 1. The summed E-state index contributed by atoms with van der Waals surface area (Å²) in [6.07, 6.45) is 2.84. The van der Waals surface area contributed by atoms with Crippen molar-refractivity contribution >= 4 is 11.8 Å². The van der Waals surface area contributed by atoms with Crippen LogP contribution < -0.4 is 15.6 Å². The lowest BCUT2D eigenvalue weighted by molar-refractivity contribution is -0.0501. The molecule has 0 fully saturated rings. The molecular weight excluding hydrogens is 296 g/mol. The molecule has 2 amide bonds. The fraction of sp³-hybridized carbons (Fsp3) is 0.0714. The molecule has 1 aromatic carbocycles. The highest BCUT2D eigenvalue weighted by molar-refractivity contribution is 6.00. The zero-order valence-electron chi connectivity index (χ0n) is 11.1. The molecule has 8 heteroatoms. The Morgan fingerprint density at radius 3 is 2.32 bits per heavy atom. The number of pyridine rings is 1. The normalized spacial score (nSPS) is 10.1. The molecule has 0 unspecified atom stereocenters. The highest BCUT2D eigenvalue weighted by atomic mass is 19.3. The van der Waals surface area contributed by atoms with Gasteiger partial charge in [0.05, 0.1) is 5.56 Å². The van der Waals surface area contributed by atoms with Gasteiger partial charge in [-0.15, -0.1) is 0 Å². The largest absolute Gasteiger partial charge is 0.434 e. The first-order valence-electron chi connectivity index (χ1n) is 6.12. The Labute approximate surface area is 124 Å². The first-order chi connectivity index (χ1) is 10.6. The summed E-state index contributed by atoms with van der Waals surface area (Å²) < 4.78 is 28.8. The zero-order valence-corrected chi connectivity index (χ0v) is 11.1. The molecular formula is C14H11F2N3O3. The molecule has 0 aliphatic rings. The third-order valence-corrected chi connectivity index (χ3v) is 2.58. The van der Waals surface area contributed by atoms with Crippen LogP contribution in [-0.2, 0) is 0 Å². The summed E-state index contributed by atoms with van der Waals surface area (Å²) in [6.45, 7) is -3.06. The minimum Gasteiger partial charge on any atom is -0.434 e. The van der Waals surface area contributed by atoms with E-state index in [9.17, 15) is 18.4 Å². The van der Waals surface area contributed by atoms with Crippen LogP contribution in [0.2, 0.25) is 0 Å². The Balaban J connectivity index is 2.02. The van der Waals surface area contributed by atoms with Crippen LogP contribution in [0.5, 0.6) is 5.75 Å². The van der Waals surface area contributed by atoms with E-state index in [1.165, 1.54) is 48.8 Å². The van der Waals surface area contributed by atoms with Gasteiger partial charge >= 0.3 is 6.61 Å². The number of nitrogens with zero attached hydrogens (tertiary/aromatic N) is 1. The highest BCUT2D eigenvalue weighted by Crippen LogP contribution is 2.19. The number of ether oxygens (including phenoxy) is 1. The minimum atomic E-state index is -3.06. The van der Waals surface area contributed by atoms with Crippen LogP contribution in [0.1, 0.15) is 20.7 Å². The number of aromatic nitrogens is 1. The summed E-state index contributed by atoms with van der Waals surface area (Å²) in [4.78, 5) is 27.4. The molecule has 0 saturated heterocycles. The van der Waals surface area contributed by atoms with Crippen LogP contribution in [0.25, 0.3) is 0 Å². The third-order valence-electron chi connectivity index (χ3n) is 2.58. The van der Waals surface area contributed by atoms with Crippen molar-refractivity contribution in [3.63, 3.8) is 0 Å². The van der Waals surface area contributed by atoms with Crippen molar-refractivity contribution in [2.45, 2.75) is 6.61 Å². The number of alkyl halides is 2. The third kappa shape index (κ3) is 3.98. The van der Waals surface area contributed by atoms with Crippen molar-refractivity contribution in [1.82, 2.24) is 15.8 Å². The van der Waals surface area contributed by atoms with Gasteiger partial charge in [-0.05, 0) is 24.3 Å². The van der Waals surface area contributed by atoms with E-state index in [1.54, 1.807) is 0 Å². The van der Waals surface area contributed by atoms with E-state index in [0.29, 0.717) is 0 Å². The van der Waals surface area contributed by atoms with Crippen LogP contribution in [0.3, 0.4) is 0 Å². The average Bonchev–Trinajstić information content (AvgIpc) is 2.53. The summed E-state index contributed by atoms with van der Waals surface area (Å²) in [7, 11) is 0. The predicted octanol–water partition coefficient (Wildman–Crippen LogP) is 1.76. The molecule has 114 valence electrons. The molecule has 2 aromatic rings. The Hall–Kier alpha value is -3.03. The fourth-order valence-corrected chi connectivity index (χ4v) is 1.61. The molecule has 22 heavy (non-hydrogen) atoms. The number of hydrogen-bond donors (Lipinski definition) is 2. The van der Waals surface area contributed by atoms with Crippen molar-refractivity contribution in [1.29, 1.82) is 0 Å². The molecule has 2 rings (SSSR count). The number of hydrazine groups is 1. The number of hydrogen-bond acceptors (Lipinski definition) is 4. The van der Waals surface area contributed by atoms with Crippen molar-refractivity contribution in [2.24, 2.45) is 0 Å². The number of amides is 2. The molecule has 0 atom stereocenters. The molecule has 0 saturated carbocycles. The summed E-state index contributed by atoms with van der Waals surface area (Å²) in [6, 6.07) is 8.37. The van der Waals surface area contributed by atoms with Gasteiger partial charge < -0.3 is 4.74 Å². The molecule has 0 radical (unpaired) electrons. The molecule has 0 aliphatic heterocycles. The number of carbonyl (C=O) groups is 2. The van der Waals surface area contributed by atoms with Gasteiger partial charge in [-0.3, -0.25) is 25.4 Å². The van der Waals surface area contributed by atoms with Crippen molar-refractivity contribution in [3.05, 3.63) is 59.9 Å². The van der Waals surface area contributed by atoms with E-state index >= 15 is 0 Å². The number of halogens is 2. The molecule has 0 bridgehead atoms. The Bertz CT molecular complexity index is 665. The van der Waals surface area contributed by atoms with Crippen molar-refractivity contribution < 1.29 is 23.1 Å². The van der Waals surface area contributed by atoms with Gasteiger partial charge in [-0.25, -0.2) is 0 Å². The Morgan fingerprint density at radius 1 is 1.00 bits per heavy atom. The summed E-state index contributed by atoms with van der Waals surface area (Å²) >= 11 is 0. The fourth-order valence-electron chi connectivity index (χ4n) is 1.61. The van der Waals surface area contributed by atoms with Gasteiger partial charge in [-0.1, -0.05) is 12.1 Å². The van der Waals surface area contributed by atoms with E-state index in [-0.39, 0.29) is 16.9 Å². The maximum Gasteiger partial charge on any atom is 0.387 e. The number of carbonyl (C=O) groups excluding carboxylic acids is 2. The lowest BCUT2D eigenvalue weighted by Crippen LogP contribution is -2.41. The smallest absolute Gasteiger partial charge is 0.387 e. The average molecular weight is 307 g/mol. The number of rotatable bonds is 4. The summed E-state index contributed by atoms with van der Waals surface area (Å²) in [5.41, 5.74) is 4.45. The van der Waals surface area contributed by atoms with Crippen molar-refractivity contribution in [3.8, 4) is 5.75 Å². The van der Waals surface area contributed by atoms with Gasteiger partial charge in [-0.2, -0.15) is 8.78 Å². The van der Waals surface area contributed by atoms with Crippen LogP contribution in [0.15, 0.2) is 48.8 Å². The van der Waals surface area contributed by atoms with Gasteiger partial charge in [0, 0.05) is 18.0 Å².